The number of esters is 1. The van der Waals surface area contributed by atoms with Gasteiger partial charge >= 0.3 is 5.97 Å². The lowest BCUT2D eigenvalue weighted by atomic mass is 9.81. The number of nitrogens with zero attached hydrogens (tertiary/aromatic N) is 4. The highest BCUT2D eigenvalue weighted by Gasteiger charge is 2.39. The minimum absolute atomic E-state index is 0.0554. The zero-order valence-electron chi connectivity index (χ0n) is 13.7. The first-order chi connectivity index (χ1) is 11.0. The molecule has 23 heavy (non-hydrogen) atoms. The number of hydrogen-bond acceptors (Lipinski definition) is 4. The summed E-state index contributed by atoms with van der Waals surface area (Å²) in [6.45, 7) is 5.47. The molecule has 1 heterocycles. The zero-order valence-corrected chi connectivity index (χ0v) is 13.7. The van der Waals surface area contributed by atoms with Gasteiger partial charge in [-0.05, 0) is 41.6 Å². The maximum absolute atomic E-state index is 12.1. The number of anilines is 1. The van der Waals surface area contributed by atoms with E-state index in [-0.39, 0.29) is 17.9 Å². The molecule has 7 nitrogen and oxygen atoms in total. The van der Waals surface area contributed by atoms with E-state index in [1.807, 2.05) is 13.8 Å². The number of ether oxygens (including phenoxy) is 1. The average Bonchev–Trinajstić information content (AvgIpc) is 2.55. The molecule has 0 fully saturated rings. The van der Waals surface area contributed by atoms with E-state index in [2.05, 4.69) is 10.0 Å². The van der Waals surface area contributed by atoms with Crippen molar-refractivity contribution in [3.8, 4) is 0 Å². The number of amides is 1. The van der Waals surface area contributed by atoms with E-state index in [4.69, 9.17) is 10.3 Å². The van der Waals surface area contributed by atoms with Crippen LogP contribution in [0.15, 0.2) is 23.3 Å². The van der Waals surface area contributed by atoms with Crippen LogP contribution < -0.4 is 4.90 Å². The maximum atomic E-state index is 12.1. The van der Waals surface area contributed by atoms with E-state index >= 15 is 0 Å². The van der Waals surface area contributed by atoms with Crippen LogP contribution in [0.3, 0.4) is 0 Å². The fraction of sp³-hybridized carbons (Fsp3) is 0.500. The van der Waals surface area contributed by atoms with Gasteiger partial charge in [0.2, 0.25) is 5.91 Å². The van der Waals surface area contributed by atoms with Crippen LogP contribution >= 0.6 is 0 Å². The molecule has 0 unspecified atom stereocenters. The van der Waals surface area contributed by atoms with Gasteiger partial charge < -0.3 is 9.64 Å². The molecule has 0 saturated carbocycles. The van der Waals surface area contributed by atoms with Crippen LogP contribution in [0.25, 0.3) is 10.4 Å². The Balaban J connectivity index is 2.68. The molecule has 1 aromatic carbocycles. The highest BCUT2D eigenvalue weighted by atomic mass is 16.5. The molecule has 0 N–H and O–H groups in total. The van der Waals surface area contributed by atoms with Gasteiger partial charge in [0.25, 0.3) is 0 Å². The number of azide groups is 1. The average molecular weight is 316 g/mol. The third-order valence-electron chi connectivity index (χ3n) is 4.40. The van der Waals surface area contributed by atoms with E-state index in [1.165, 1.54) is 14.0 Å². The second-order valence-electron chi connectivity index (χ2n) is 5.64. The summed E-state index contributed by atoms with van der Waals surface area (Å²) in [5.74, 6) is -0.595. The third-order valence-corrected chi connectivity index (χ3v) is 4.40. The highest BCUT2D eigenvalue weighted by molar-refractivity contribution is 5.96. The molecule has 3 atom stereocenters. The molecule has 1 amide bonds. The first-order valence-corrected chi connectivity index (χ1v) is 7.52. The second kappa shape index (κ2) is 6.71. The Morgan fingerprint density at radius 1 is 1.43 bits per heavy atom. The van der Waals surface area contributed by atoms with Gasteiger partial charge in [0.05, 0.1) is 18.7 Å². The van der Waals surface area contributed by atoms with Crippen molar-refractivity contribution in [1.82, 2.24) is 0 Å². The molecule has 0 aliphatic carbocycles. The van der Waals surface area contributed by atoms with Crippen molar-refractivity contribution in [2.75, 3.05) is 12.0 Å². The molecule has 7 heteroatoms. The van der Waals surface area contributed by atoms with Crippen molar-refractivity contribution in [2.24, 2.45) is 11.0 Å². The van der Waals surface area contributed by atoms with Crippen molar-refractivity contribution in [2.45, 2.75) is 39.3 Å². The first kappa shape index (κ1) is 16.8. The number of rotatable bonds is 3. The van der Waals surface area contributed by atoms with E-state index in [0.717, 1.165) is 6.42 Å². The largest absolute Gasteiger partial charge is 0.465 e. The van der Waals surface area contributed by atoms with Crippen molar-refractivity contribution in [3.05, 3.63) is 39.8 Å². The van der Waals surface area contributed by atoms with Crippen molar-refractivity contribution in [1.29, 1.82) is 0 Å². The minimum Gasteiger partial charge on any atom is -0.465 e. The van der Waals surface area contributed by atoms with Gasteiger partial charge in [-0.2, -0.15) is 0 Å². The summed E-state index contributed by atoms with van der Waals surface area (Å²) >= 11 is 0. The number of carbonyl (C=O) groups is 2. The standard InChI is InChI=1S/C16H20N4O3/c1-5-13-9(2)15(18-19-17)12-8-11(16(22)23-4)6-7-14(12)20(13)10(3)21/h6-9,13,15H,5H2,1-4H3/t9-,13-,15+/m0/s1. The number of methoxy groups -OCH3 is 1. The second-order valence-corrected chi connectivity index (χ2v) is 5.64. The molecule has 1 aliphatic heterocycles. The molecule has 0 saturated heterocycles. The van der Waals surface area contributed by atoms with Crippen LogP contribution in [-0.2, 0) is 9.53 Å². The number of carbonyl (C=O) groups excluding carboxylic acids is 2. The van der Waals surface area contributed by atoms with Gasteiger partial charge in [-0.25, -0.2) is 4.79 Å². The van der Waals surface area contributed by atoms with Crippen LogP contribution in [0, 0.1) is 5.92 Å². The topological polar surface area (TPSA) is 95.4 Å². The Morgan fingerprint density at radius 2 is 2.13 bits per heavy atom. The normalized spacial score (nSPS) is 22.8. The van der Waals surface area contributed by atoms with E-state index < -0.39 is 12.0 Å². The summed E-state index contributed by atoms with van der Waals surface area (Å²) < 4.78 is 4.74. The fourth-order valence-electron chi connectivity index (χ4n) is 3.34. The molecular weight excluding hydrogens is 296 g/mol. The number of benzene rings is 1. The molecule has 2 rings (SSSR count). The third kappa shape index (κ3) is 2.87. The van der Waals surface area contributed by atoms with Crippen LogP contribution in [0.1, 0.15) is 49.2 Å². The Morgan fingerprint density at radius 3 is 2.65 bits per heavy atom. The van der Waals surface area contributed by atoms with Gasteiger partial charge in [-0.3, -0.25) is 4.79 Å². The highest BCUT2D eigenvalue weighted by Crippen LogP contribution is 2.44. The van der Waals surface area contributed by atoms with Crippen molar-refractivity contribution >= 4 is 17.6 Å². The lowest BCUT2D eigenvalue weighted by Crippen LogP contribution is -2.48. The van der Waals surface area contributed by atoms with Gasteiger partial charge in [0.1, 0.15) is 0 Å². The molecule has 0 spiro atoms. The molecule has 122 valence electrons. The molecular formula is C16H20N4O3. The van der Waals surface area contributed by atoms with E-state index in [0.29, 0.717) is 16.8 Å². The Labute approximate surface area is 134 Å². The minimum atomic E-state index is -0.466. The van der Waals surface area contributed by atoms with Gasteiger partial charge in [-0.15, -0.1) is 0 Å². The smallest absolute Gasteiger partial charge is 0.337 e. The maximum Gasteiger partial charge on any atom is 0.337 e. The Hall–Kier alpha value is -2.53. The molecule has 0 radical (unpaired) electrons. The molecule has 0 bridgehead atoms. The quantitative estimate of drug-likeness (QED) is 0.369. The van der Waals surface area contributed by atoms with E-state index in [9.17, 15) is 9.59 Å². The van der Waals surface area contributed by atoms with Crippen LogP contribution in [-0.4, -0.2) is 25.0 Å². The number of hydrogen-bond donors (Lipinski definition) is 0. The molecule has 0 aromatic heterocycles. The summed E-state index contributed by atoms with van der Waals surface area (Å²) in [5, 5.41) is 3.91. The Kier molecular flexibility index (Phi) is 4.91. The van der Waals surface area contributed by atoms with Crippen LogP contribution in [0.4, 0.5) is 5.69 Å². The molecule has 1 aliphatic rings. The van der Waals surface area contributed by atoms with Crippen molar-refractivity contribution in [3.63, 3.8) is 0 Å². The predicted octanol–water partition coefficient (Wildman–Crippen LogP) is 3.61. The summed E-state index contributed by atoms with van der Waals surface area (Å²) in [7, 11) is 1.31. The summed E-state index contributed by atoms with van der Waals surface area (Å²) in [6.07, 6.45) is 0.746. The summed E-state index contributed by atoms with van der Waals surface area (Å²) in [4.78, 5) is 28.6. The SMILES string of the molecule is CC[C@H]1[C@H](C)[C@@H](N=[N+]=[N-])c2cc(C(=O)OC)ccc2N1C(C)=O. The van der Waals surface area contributed by atoms with E-state index in [1.54, 1.807) is 23.1 Å². The summed E-state index contributed by atoms with van der Waals surface area (Å²) in [6, 6.07) is 4.51. The lowest BCUT2D eigenvalue weighted by Gasteiger charge is -2.43. The summed E-state index contributed by atoms with van der Waals surface area (Å²) in [5.41, 5.74) is 10.6. The van der Waals surface area contributed by atoms with Crippen LogP contribution in [0.5, 0.6) is 0 Å². The lowest BCUT2D eigenvalue weighted by molar-refractivity contribution is -0.117. The van der Waals surface area contributed by atoms with Gasteiger partial charge in [0, 0.05) is 23.6 Å². The number of fused-ring (bicyclic) bond motifs is 1. The van der Waals surface area contributed by atoms with Crippen LogP contribution in [0.2, 0.25) is 0 Å². The first-order valence-electron chi connectivity index (χ1n) is 7.52. The monoisotopic (exact) mass is 316 g/mol. The Bertz CT molecular complexity index is 682. The van der Waals surface area contributed by atoms with Crippen molar-refractivity contribution < 1.29 is 14.3 Å². The molecule has 1 aromatic rings. The zero-order chi connectivity index (χ0) is 17.1. The van der Waals surface area contributed by atoms with Gasteiger partial charge in [0.15, 0.2) is 0 Å². The predicted molar refractivity (Wildman–Crippen MR) is 86.1 cm³/mol. The fourth-order valence-corrected chi connectivity index (χ4v) is 3.34. The van der Waals surface area contributed by atoms with Gasteiger partial charge in [-0.1, -0.05) is 19.0 Å².